The molecule has 0 aliphatic rings. The highest BCUT2D eigenvalue weighted by atomic mass is 32.2. The van der Waals surface area contributed by atoms with Crippen LogP contribution in [0.25, 0.3) is 0 Å². The average Bonchev–Trinajstić information content (AvgIpc) is 3.10. The number of methoxy groups -OCH3 is 1. The molecule has 0 unspecified atom stereocenters. The second kappa shape index (κ2) is 18.4. The van der Waals surface area contributed by atoms with Crippen LogP contribution in [0, 0.1) is 5.92 Å². The van der Waals surface area contributed by atoms with Crippen LogP contribution in [0.1, 0.15) is 62.1 Å². The molecule has 0 saturated heterocycles. The molecule has 4 N–H and O–H groups in total. The molecule has 3 aromatic carbocycles. The number of carbonyl (C=O) groups is 2. The van der Waals surface area contributed by atoms with E-state index in [-0.39, 0.29) is 41.7 Å². The number of ether oxygens (including phenoxy) is 1. The zero-order valence-corrected chi connectivity index (χ0v) is 29.2. The van der Waals surface area contributed by atoms with Gasteiger partial charge in [0.05, 0.1) is 31.3 Å². The van der Waals surface area contributed by atoms with Crippen molar-refractivity contribution in [2.45, 2.75) is 81.3 Å². The number of rotatable bonds is 17. The number of halogens is 3. The summed E-state index contributed by atoms with van der Waals surface area (Å²) < 4.78 is 77.5. The molecule has 0 spiro atoms. The molecule has 0 aliphatic carbocycles. The zero-order chi connectivity index (χ0) is 37.1. The van der Waals surface area contributed by atoms with E-state index in [1.54, 1.807) is 60.7 Å². The first-order valence-electron chi connectivity index (χ1n) is 16.3. The summed E-state index contributed by atoms with van der Waals surface area (Å²) in [6.45, 7) is 2.75. The predicted octanol–water partition coefficient (Wildman–Crippen LogP) is 5.43. The van der Waals surface area contributed by atoms with Gasteiger partial charge in [-0.2, -0.15) is 17.5 Å². The monoisotopic (exact) mass is 721 g/mol. The van der Waals surface area contributed by atoms with Crippen molar-refractivity contribution in [2.24, 2.45) is 11.7 Å². The quantitative estimate of drug-likeness (QED) is 0.167. The van der Waals surface area contributed by atoms with E-state index in [9.17, 15) is 41.4 Å². The Balaban J connectivity index is 1.93. The highest BCUT2D eigenvalue weighted by Gasteiger charge is 2.50. The SMILES string of the molecule is COC(=O)N(C(=O)[C@@H](N)C(c1ccccc1)c1ccccc1)[C@@H](CCC[C@@H](CO)N(CCC(C)C)S(=O)(=O)c1ccc(CO)cc1)C(F)(F)F. The van der Waals surface area contributed by atoms with Gasteiger partial charge in [-0.05, 0) is 60.4 Å². The summed E-state index contributed by atoms with van der Waals surface area (Å²) in [6, 6.07) is 17.1. The number of amides is 2. The molecule has 3 rings (SSSR count). The molecule has 0 fully saturated rings. The molecule has 0 saturated carbocycles. The summed E-state index contributed by atoms with van der Waals surface area (Å²) in [5.41, 5.74) is 8.01. The molecule has 0 bridgehead atoms. The van der Waals surface area contributed by atoms with Gasteiger partial charge < -0.3 is 20.7 Å². The third-order valence-electron chi connectivity index (χ3n) is 8.53. The van der Waals surface area contributed by atoms with Gasteiger partial charge in [0.25, 0.3) is 0 Å². The minimum atomic E-state index is -5.11. The fraction of sp³-hybridized carbons (Fsp3) is 0.444. The lowest BCUT2D eigenvalue weighted by Gasteiger charge is -2.35. The third-order valence-corrected chi connectivity index (χ3v) is 10.5. The molecule has 3 atom stereocenters. The number of carbonyl (C=O) groups excluding carboxylic acids is 2. The predicted molar refractivity (Wildman–Crippen MR) is 182 cm³/mol. The van der Waals surface area contributed by atoms with Crippen LogP contribution in [0.15, 0.2) is 89.8 Å². The standard InChI is InChI=1S/C36H46F3N3O7S/c1-25(2)21-22-41(50(47,48)30-19-17-26(23-43)18-20-30)29(24-44)15-10-16-31(36(37,38)39)42(35(46)49-3)34(45)33(40)32(27-11-6-4-7-12-27)28-13-8-5-9-14-28/h4-9,11-14,17-20,25,29,31-33,43-44H,10,15-16,21-24,40H2,1-3H3/t29-,31-,33-/m0/s1. The number of alkyl halides is 3. The lowest BCUT2D eigenvalue weighted by molar-refractivity contribution is -0.187. The van der Waals surface area contributed by atoms with Crippen molar-refractivity contribution in [3.63, 3.8) is 0 Å². The molecular weight excluding hydrogens is 675 g/mol. The fourth-order valence-electron chi connectivity index (χ4n) is 5.80. The molecule has 0 aliphatic heterocycles. The Hall–Kier alpha value is -3.82. The molecule has 2 amide bonds. The Kier molecular flexibility index (Phi) is 15.0. The first-order chi connectivity index (χ1) is 23.7. The van der Waals surface area contributed by atoms with Crippen LogP contribution in [0.3, 0.4) is 0 Å². The highest BCUT2D eigenvalue weighted by Crippen LogP contribution is 2.34. The molecule has 10 nitrogen and oxygen atoms in total. The van der Waals surface area contributed by atoms with Gasteiger partial charge in [0.15, 0.2) is 0 Å². The van der Waals surface area contributed by atoms with Crippen LogP contribution in [-0.2, 0) is 26.2 Å². The van der Waals surface area contributed by atoms with Gasteiger partial charge >= 0.3 is 12.3 Å². The molecule has 0 aromatic heterocycles. The van der Waals surface area contributed by atoms with E-state index in [2.05, 4.69) is 4.74 Å². The fourth-order valence-corrected chi connectivity index (χ4v) is 7.46. The number of sulfonamides is 1. The van der Waals surface area contributed by atoms with Crippen molar-refractivity contribution < 1.29 is 46.1 Å². The van der Waals surface area contributed by atoms with Crippen LogP contribution in [0.4, 0.5) is 18.0 Å². The van der Waals surface area contributed by atoms with E-state index >= 15 is 0 Å². The van der Waals surface area contributed by atoms with Crippen LogP contribution in [0.2, 0.25) is 0 Å². The number of benzene rings is 3. The van der Waals surface area contributed by atoms with E-state index in [1.807, 2.05) is 13.8 Å². The average molecular weight is 722 g/mol. The number of nitrogens with zero attached hydrogens (tertiary/aromatic N) is 2. The van der Waals surface area contributed by atoms with Gasteiger partial charge in [-0.1, -0.05) is 86.6 Å². The number of aliphatic hydroxyl groups excluding tert-OH is 2. The smallest absolute Gasteiger partial charge is 0.416 e. The maximum absolute atomic E-state index is 14.8. The lowest BCUT2D eigenvalue weighted by atomic mass is 9.84. The second-order valence-electron chi connectivity index (χ2n) is 12.4. The number of hydrogen-bond donors (Lipinski definition) is 3. The largest absolute Gasteiger partial charge is 0.452 e. The maximum Gasteiger partial charge on any atom is 0.416 e. The maximum atomic E-state index is 14.8. The Labute approximate surface area is 291 Å². The summed E-state index contributed by atoms with van der Waals surface area (Å²) in [6.07, 6.45) is -7.60. The molecule has 274 valence electrons. The van der Waals surface area contributed by atoms with Gasteiger partial charge in [-0.3, -0.25) is 4.79 Å². The molecule has 3 aromatic rings. The Morgan fingerprint density at radius 1 is 0.860 bits per heavy atom. The summed E-state index contributed by atoms with van der Waals surface area (Å²) >= 11 is 0. The number of nitrogens with two attached hydrogens (primary N) is 1. The minimum Gasteiger partial charge on any atom is -0.452 e. The summed E-state index contributed by atoms with van der Waals surface area (Å²) in [5.74, 6) is -2.14. The molecule has 14 heteroatoms. The van der Waals surface area contributed by atoms with Gasteiger partial charge in [0.1, 0.15) is 6.04 Å². The zero-order valence-electron chi connectivity index (χ0n) is 28.4. The Morgan fingerprint density at radius 2 is 1.40 bits per heavy atom. The molecular formula is C36H46F3N3O7S. The highest BCUT2D eigenvalue weighted by molar-refractivity contribution is 7.89. The number of aliphatic hydroxyl groups is 2. The van der Waals surface area contributed by atoms with Crippen molar-refractivity contribution >= 4 is 22.0 Å². The van der Waals surface area contributed by atoms with Crippen molar-refractivity contribution in [2.75, 3.05) is 20.3 Å². The Bertz CT molecular complexity index is 1570. The van der Waals surface area contributed by atoms with Crippen LogP contribution < -0.4 is 5.73 Å². The van der Waals surface area contributed by atoms with E-state index in [0.29, 0.717) is 23.1 Å². The Morgan fingerprint density at radius 3 is 1.84 bits per heavy atom. The van der Waals surface area contributed by atoms with Crippen LogP contribution in [0.5, 0.6) is 0 Å². The van der Waals surface area contributed by atoms with Crippen molar-refractivity contribution in [3.8, 4) is 0 Å². The topological polar surface area (TPSA) is 150 Å². The first-order valence-corrected chi connectivity index (χ1v) is 17.8. The van der Waals surface area contributed by atoms with Crippen molar-refractivity contribution in [1.29, 1.82) is 0 Å². The number of hydrogen-bond acceptors (Lipinski definition) is 8. The summed E-state index contributed by atoms with van der Waals surface area (Å²) in [5, 5.41) is 19.7. The van der Waals surface area contributed by atoms with E-state index in [0.717, 1.165) is 11.4 Å². The minimum absolute atomic E-state index is 0.00743. The third kappa shape index (κ3) is 10.4. The van der Waals surface area contributed by atoms with Crippen molar-refractivity contribution in [3.05, 3.63) is 102 Å². The summed E-state index contributed by atoms with van der Waals surface area (Å²) in [4.78, 5) is 26.8. The lowest BCUT2D eigenvalue weighted by Crippen LogP contribution is -2.57. The number of imide groups is 1. The summed E-state index contributed by atoms with van der Waals surface area (Å²) in [7, 11) is -3.36. The van der Waals surface area contributed by atoms with Gasteiger partial charge in [-0.15, -0.1) is 0 Å². The normalized spacial score (nSPS) is 14.1. The van der Waals surface area contributed by atoms with E-state index in [4.69, 9.17) is 5.73 Å². The second-order valence-corrected chi connectivity index (χ2v) is 14.3. The van der Waals surface area contributed by atoms with Crippen LogP contribution in [-0.4, -0.2) is 84.4 Å². The van der Waals surface area contributed by atoms with E-state index in [1.165, 1.54) is 24.3 Å². The van der Waals surface area contributed by atoms with Gasteiger partial charge in [0.2, 0.25) is 15.9 Å². The van der Waals surface area contributed by atoms with Gasteiger partial charge in [0, 0.05) is 18.5 Å². The molecule has 0 heterocycles. The van der Waals surface area contributed by atoms with E-state index < -0.39 is 65.3 Å². The van der Waals surface area contributed by atoms with Crippen molar-refractivity contribution in [1.82, 2.24) is 9.21 Å². The van der Waals surface area contributed by atoms with Gasteiger partial charge in [-0.25, -0.2) is 18.1 Å². The molecule has 0 radical (unpaired) electrons. The molecule has 50 heavy (non-hydrogen) atoms. The first kappa shape index (κ1) is 40.6. The van der Waals surface area contributed by atoms with Crippen LogP contribution >= 0.6 is 0 Å².